The molecule has 0 saturated heterocycles. The zero-order valence-electron chi connectivity index (χ0n) is 11.9. The molecule has 0 unspecified atom stereocenters. The Hall–Kier alpha value is -2.37. The van der Waals surface area contributed by atoms with Gasteiger partial charge in [-0.1, -0.05) is 26.0 Å². The lowest BCUT2D eigenvalue weighted by molar-refractivity contribution is -0.140. The molecule has 4 N–H and O–H groups in total. The van der Waals surface area contributed by atoms with E-state index in [-0.39, 0.29) is 12.3 Å². The molecule has 0 bridgehead atoms. The van der Waals surface area contributed by atoms with Gasteiger partial charge in [-0.25, -0.2) is 0 Å². The molecule has 21 heavy (non-hydrogen) atoms. The van der Waals surface area contributed by atoms with E-state index in [0.29, 0.717) is 11.3 Å². The zero-order valence-corrected chi connectivity index (χ0v) is 11.9. The summed E-state index contributed by atoms with van der Waals surface area (Å²) in [6.07, 6.45) is 0.0936. The molecule has 1 aromatic carbocycles. The van der Waals surface area contributed by atoms with Crippen LogP contribution in [0.5, 0.6) is 0 Å². The van der Waals surface area contributed by atoms with Crippen LogP contribution in [0.2, 0.25) is 0 Å². The Morgan fingerprint density at radius 3 is 2.48 bits per heavy atom. The Balaban J connectivity index is 2.07. The third-order valence-corrected chi connectivity index (χ3v) is 3.95. The van der Waals surface area contributed by atoms with Crippen molar-refractivity contribution in [3.05, 3.63) is 29.8 Å². The van der Waals surface area contributed by atoms with Gasteiger partial charge in [-0.3, -0.25) is 14.4 Å². The van der Waals surface area contributed by atoms with Crippen LogP contribution in [0.4, 0.5) is 5.69 Å². The van der Waals surface area contributed by atoms with Gasteiger partial charge in [0, 0.05) is 5.69 Å². The first-order valence-corrected chi connectivity index (χ1v) is 6.64. The lowest BCUT2D eigenvalue weighted by Crippen LogP contribution is -2.18. The van der Waals surface area contributed by atoms with E-state index in [1.165, 1.54) is 0 Å². The number of benzene rings is 1. The Labute approximate surface area is 122 Å². The number of carboxylic acids is 1. The van der Waals surface area contributed by atoms with Gasteiger partial charge in [0.05, 0.1) is 18.3 Å². The van der Waals surface area contributed by atoms with Crippen molar-refractivity contribution < 1.29 is 19.5 Å². The summed E-state index contributed by atoms with van der Waals surface area (Å²) >= 11 is 0. The number of anilines is 1. The maximum atomic E-state index is 12.2. The molecule has 2 rings (SSSR count). The van der Waals surface area contributed by atoms with E-state index < -0.39 is 29.1 Å². The SMILES string of the molecule is CC1(C)[C@@H](C(=O)O)[C@@H]1C(=O)Nc1cccc(CC(N)=O)c1. The lowest BCUT2D eigenvalue weighted by Gasteiger charge is -2.07. The fraction of sp³-hybridized carbons (Fsp3) is 0.400. The summed E-state index contributed by atoms with van der Waals surface area (Å²) in [6, 6.07) is 6.80. The summed E-state index contributed by atoms with van der Waals surface area (Å²) in [5.41, 5.74) is 5.82. The highest BCUT2D eigenvalue weighted by atomic mass is 16.4. The summed E-state index contributed by atoms with van der Waals surface area (Å²) in [5, 5.41) is 11.8. The number of aliphatic carboxylic acids is 1. The Morgan fingerprint density at radius 1 is 1.29 bits per heavy atom. The molecular weight excluding hydrogens is 272 g/mol. The predicted molar refractivity (Wildman–Crippen MR) is 76.4 cm³/mol. The van der Waals surface area contributed by atoms with E-state index >= 15 is 0 Å². The highest BCUT2D eigenvalue weighted by Gasteiger charge is 2.65. The number of nitrogens with two attached hydrogens (primary N) is 1. The van der Waals surface area contributed by atoms with Gasteiger partial charge in [-0.05, 0) is 23.1 Å². The monoisotopic (exact) mass is 290 g/mol. The molecule has 1 aromatic rings. The quantitative estimate of drug-likeness (QED) is 0.751. The van der Waals surface area contributed by atoms with Gasteiger partial charge in [-0.2, -0.15) is 0 Å². The molecule has 0 radical (unpaired) electrons. The van der Waals surface area contributed by atoms with Crippen molar-refractivity contribution in [3.8, 4) is 0 Å². The summed E-state index contributed by atoms with van der Waals surface area (Å²) < 4.78 is 0. The predicted octanol–water partition coefficient (Wildman–Crippen LogP) is 1.01. The first kappa shape index (κ1) is 15.0. The van der Waals surface area contributed by atoms with Gasteiger partial charge in [0.15, 0.2) is 0 Å². The van der Waals surface area contributed by atoms with Gasteiger partial charge >= 0.3 is 5.97 Å². The molecule has 0 heterocycles. The van der Waals surface area contributed by atoms with Crippen molar-refractivity contribution >= 4 is 23.5 Å². The van der Waals surface area contributed by atoms with Gasteiger partial charge in [0.25, 0.3) is 0 Å². The van der Waals surface area contributed by atoms with E-state index in [9.17, 15) is 14.4 Å². The van der Waals surface area contributed by atoms with Crippen LogP contribution in [0, 0.1) is 17.3 Å². The normalized spacial score (nSPS) is 22.4. The summed E-state index contributed by atoms with van der Waals surface area (Å²) in [7, 11) is 0. The highest BCUT2D eigenvalue weighted by Crippen LogP contribution is 2.58. The highest BCUT2D eigenvalue weighted by molar-refractivity contribution is 5.99. The molecular formula is C15H18N2O4. The van der Waals surface area contributed by atoms with Crippen LogP contribution in [0.1, 0.15) is 19.4 Å². The van der Waals surface area contributed by atoms with E-state index in [0.717, 1.165) is 0 Å². The van der Waals surface area contributed by atoms with Crippen LogP contribution >= 0.6 is 0 Å². The molecule has 2 amide bonds. The minimum absolute atomic E-state index is 0.0936. The van der Waals surface area contributed by atoms with E-state index in [4.69, 9.17) is 10.8 Å². The van der Waals surface area contributed by atoms with Crippen molar-refractivity contribution in [1.29, 1.82) is 0 Å². The fourth-order valence-electron chi connectivity index (χ4n) is 2.77. The summed E-state index contributed by atoms with van der Waals surface area (Å²) in [5.74, 6) is -2.93. The standard InChI is InChI=1S/C15H18N2O4/c1-15(2)11(12(15)14(20)21)13(19)17-9-5-3-4-8(6-9)7-10(16)18/h3-6,11-12H,7H2,1-2H3,(H2,16,18)(H,17,19)(H,20,21)/t11-,12-/m1/s1. The number of hydrogen-bond donors (Lipinski definition) is 3. The second kappa shape index (κ2) is 5.20. The van der Waals surface area contributed by atoms with Gasteiger partial charge in [0.1, 0.15) is 0 Å². The van der Waals surface area contributed by atoms with Crippen molar-refractivity contribution in [2.45, 2.75) is 20.3 Å². The molecule has 0 spiro atoms. The van der Waals surface area contributed by atoms with Crippen LogP contribution in [0.15, 0.2) is 24.3 Å². The number of nitrogens with one attached hydrogen (secondary N) is 1. The Morgan fingerprint density at radius 2 is 1.95 bits per heavy atom. The average Bonchev–Trinajstić information content (AvgIpc) is 2.92. The Bertz CT molecular complexity index is 609. The molecule has 6 heteroatoms. The van der Waals surface area contributed by atoms with E-state index in [1.54, 1.807) is 38.1 Å². The van der Waals surface area contributed by atoms with Gasteiger partial charge < -0.3 is 16.2 Å². The molecule has 1 saturated carbocycles. The van der Waals surface area contributed by atoms with Crippen molar-refractivity contribution in [2.75, 3.05) is 5.32 Å². The number of carboxylic acid groups (broad SMARTS) is 1. The second-order valence-corrected chi connectivity index (χ2v) is 5.95. The molecule has 0 aliphatic heterocycles. The molecule has 2 atom stereocenters. The summed E-state index contributed by atoms with van der Waals surface area (Å²) in [6.45, 7) is 3.53. The zero-order chi connectivity index (χ0) is 15.8. The fourth-order valence-corrected chi connectivity index (χ4v) is 2.77. The van der Waals surface area contributed by atoms with Crippen molar-refractivity contribution in [1.82, 2.24) is 0 Å². The van der Waals surface area contributed by atoms with Crippen LogP contribution in [0.25, 0.3) is 0 Å². The number of rotatable bonds is 5. The minimum Gasteiger partial charge on any atom is -0.481 e. The van der Waals surface area contributed by atoms with Crippen LogP contribution in [-0.2, 0) is 20.8 Å². The molecule has 1 fully saturated rings. The average molecular weight is 290 g/mol. The maximum absolute atomic E-state index is 12.2. The first-order chi connectivity index (χ1) is 9.73. The molecule has 1 aliphatic rings. The van der Waals surface area contributed by atoms with Gasteiger partial charge in [0.2, 0.25) is 11.8 Å². The number of amides is 2. The molecule has 6 nitrogen and oxygen atoms in total. The van der Waals surface area contributed by atoms with Crippen LogP contribution in [-0.4, -0.2) is 22.9 Å². The van der Waals surface area contributed by atoms with Crippen molar-refractivity contribution in [3.63, 3.8) is 0 Å². The van der Waals surface area contributed by atoms with Crippen LogP contribution < -0.4 is 11.1 Å². The third-order valence-electron chi connectivity index (χ3n) is 3.95. The van der Waals surface area contributed by atoms with Crippen LogP contribution in [0.3, 0.4) is 0 Å². The van der Waals surface area contributed by atoms with Crippen molar-refractivity contribution in [2.24, 2.45) is 23.0 Å². The molecule has 112 valence electrons. The smallest absolute Gasteiger partial charge is 0.307 e. The van der Waals surface area contributed by atoms with Gasteiger partial charge in [-0.15, -0.1) is 0 Å². The second-order valence-electron chi connectivity index (χ2n) is 5.95. The maximum Gasteiger partial charge on any atom is 0.307 e. The third kappa shape index (κ3) is 3.04. The number of hydrogen-bond acceptors (Lipinski definition) is 3. The number of carbonyl (C=O) groups excluding carboxylic acids is 2. The number of carbonyl (C=O) groups is 3. The summed E-state index contributed by atoms with van der Waals surface area (Å²) in [4.78, 5) is 34.2. The lowest BCUT2D eigenvalue weighted by atomic mass is 10.1. The first-order valence-electron chi connectivity index (χ1n) is 6.64. The minimum atomic E-state index is -0.956. The molecule has 0 aromatic heterocycles. The van der Waals surface area contributed by atoms with E-state index in [2.05, 4.69) is 5.32 Å². The Kier molecular flexibility index (Phi) is 3.72. The largest absolute Gasteiger partial charge is 0.481 e. The topological polar surface area (TPSA) is 109 Å². The molecule has 1 aliphatic carbocycles. The van der Waals surface area contributed by atoms with E-state index in [1.807, 2.05) is 0 Å². The number of primary amides is 1.